The van der Waals surface area contributed by atoms with E-state index in [1.54, 1.807) is 0 Å². The van der Waals surface area contributed by atoms with E-state index in [-0.39, 0.29) is 28.0 Å². The molecule has 0 aliphatic heterocycles. The highest BCUT2D eigenvalue weighted by Gasteiger charge is 2.11. The van der Waals surface area contributed by atoms with Crippen molar-refractivity contribution in [1.82, 2.24) is 4.98 Å². The van der Waals surface area contributed by atoms with E-state index in [2.05, 4.69) is 4.98 Å². The van der Waals surface area contributed by atoms with Crippen LogP contribution in [0.1, 0.15) is 0 Å². The molecule has 0 saturated carbocycles. The molecule has 0 bridgehead atoms. The van der Waals surface area contributed by atoms with E-state index >= 15 is 0 Å². The molecule has 8 N–H and O–H groups in total. The summed E-state index contributed by atoms with van der Waals surface area (Å²) in [5.74, 6) is -0.573. The summed E-state index contributed by atoms with van der Waals surface area (Å²) in [5, 5.41) is 10.8. The highest BCUT2D eigenvalue weighted by Crippen LogP contribution is 2.16. The van der Waals surface area contributed by atoms with E-state index in [0.29, 0.717) is 0 Å². The molecule has 11 heavy (non-hydrogen) atoms. The molecule has 1 heterocycles. The highest BCUT2D eigenvalue weighted by molar-refractivity contribution is 5.69. The zero-order valence-electron chi connectivity index (χ0n) is 5.61. The van der Waals surface area contributed by atoms with Gasteiger partial charge in [-0.05, 0) is 0 Å². The third-order valence-corrected chi connectivity index (χ3v) is 1.21. The van der Waals surface area contributed by atoms with Gasteiger partial charge >= 0.3 is 5.95 Å². The second-order valence-electron chi connectivity index (χ2n) is 1.95. The lowest BCUT2D eigenvalue weighted by Gasteiger charge is -2.10. The average Bonchev–Trinajstić information content (AvgIpc) is 1.97. The summed E-state index contributed by atoms with van der Waals surface area (Å²) in [5.41, 5.74) is 20.8. The Hall–Kier alpha value is -1.92. The van der Waals surface area contributed by atoms with E-state index in [1.165, 1.54) is 0 Å². The minimum Gasteiger partial charge on any atom is -0.754 e. The molecule has 7 nitrogen and oxygen atoms in total. The Kier molecular flexibility index (Phi) is 1.34. The van der Waals surface area contributed by atoms with Crippen LogP contribution in [0.2, 0.25) is 0 Å². The number of rotatable bonds is 0. The highest BCUT2D eigenvalue weighted by atomic mass is 16.5. The summed E-state index contributed by atoms with van der Waals surface area (Å²) in [7, 11) is 0. The van der Waals surface area contributed by atoms with E-state index in [9.17, 15) is 5.21 Å². The smallest absolute Gasteiger partial charge is 0.346 e. The Labute approximate surface area is 62.2 Å². The third-order valence-electron chi connectivity index (χ3n) is 1.21. The van der Waals surface area contributed by atoms with E-state index in [4.69, 9.17) is 22.9 Å². The van der Waals surface area contributed by atoms with E-state index in [1.807, 2.05) is 0 Å². The van der Waals surface area contributed by atoms with Crippen LogP contribution in [0.3, 0.4) is 0 Å². The predicted octanol–water partition coefficient (Wildman–Crippen LogP) is -1.96. The van der Waals surface area contributed by atoms with Gasteiger partial charge in [0.1, 0.15) is 0 Å². The molecule has 0 saturated heterocycles. The maximum atomic E-state index is 10.8. The Morgan fingerprint density at radius 1 is 1.18 bits per heavy atom. The Bertz CT molecular complexity index is 271. The van der Waals surface area contributed by atoms with Crippen LogP contribution in [0.25, 0.3) is 0 Å². The molecule has 0 radical (unpaired) electrons. The van der Waals surface area contributed by atoms with Crippen molar-refractivity contribution < 1.29 is 4.73 Å². The van der Waals surface area contributed by atoms with Crippen molar-refractivity contribution in [2.45, 2.75) is 0 Å². The first-order valence-corrected chi connectivity index (χ1v) is 2.73. The van der Waals surface area contributed by atoms with Crippen molar-refractivity contribution in [2.75, 3.05) is 22.9 Å². The molecule has 0 aliphatic rings. The first kappa shape index (κ1) is 7.19. The zero-order valence-corrected chi connectivity index (χ0v) is 5.61. The Morgan fingerprint density at radius 2 is 1.73 bits per heavy atom. The fourth-order valence-corrected chi connectivity index (χ4v) is 0.593. The van der Waals surface area contributed by atoms with Crippen LogP contribution >= 0.6 is 0 Å². The van der Waals surface area contributed by atoms with Gasteiger partial charge in [0.15, 0.2) is 5.69 Å². The largest absolute Gasteiger partial charge is 0.754 e. The van der Waals surface area contributed by atoms with Crippen molar-refractivity contribution in [1.29, 1.82) is 0 Å². The minimum atomic E-state index is -0.311. The molecule has 0 aliphatic carbocycles. The molecule has 1 rings (SSSR count). The van der Waals surface area contributed by atoms with Crippen LogP contribution in [0.4, 0.5) is 23.3 Å². The maximum Gasteiger partial charge on any atom is 0.346 e. The van der Waals surface area contributed by atoms with Gasteiger partial charge < -0.3 is 28.1 Å². The van der Waals surface area contributed by atoms with Crippen LogP contribution in [0, 0.1) is 5.21 Å². The van der Waals surface area contributed by atoms with Gasteiger partial charge in [0.25, 0.3) is 0 Å². The van der Waals surface area contributed by atoms with Crippen LogP contribution in [-0.2, 0) is 0 Å². The second kappa shape index (κ2) is 2.04. The first-order chi connectivity index (χ1) is 5.04. The van der Waals surface area contributed by atoms with Crippen LogP contribution in [-0.4, -0.2) is 4.98 Å². The molecule has 60 valence electrons. The fraction of sp³-hybridized carbons (Fsp3) is 0. The number of nitrogens with zero attached hydrogens (tertiary/aromatic N) is 2. The molecule has 0 fully saturated rings. The monoisotopic (exact) mass is 156 g/mol. The molecule has 1 aromatic rings. The lowest BCUT2D eigenvalue weighted by molar-refractivity contribution is -0.576. The average molecular weight is 156 g/mol. The number of hydrogen-bond acceptors (Lipinski definition) is 6. The molecule has 0 unspecified atom stereocenters. The molecular weight excluding hydrogens is 148 g/mol. The summed E-state index contributed by atoms with van der Waals surface area (Å²) in [6, 6.07) is 0. The lowest BCUT2D eigenvalue weighted by Crippen LogP contribution is -2.36. The van der Waals surface area contributed by atoms with Gasteiger partial charge in [-0.2, -0.15) is 0 Å². The quantitative estimate of drug-likeness (QED) is 0.253. The summed E-state index contributed by atoms with van der Waals surface area (Å²) < 4.78 is 0.214. The zero-order chi connectivity index (χ0) is 8.59. The van der Waals surface area contributed by atoms with Gasteiger partial charge in [0.05, 0.1) is 0 Å². The number of nitrogen functional groups attached to an aromatic ring is 4. The molecule has 0 spiro atoms. The SMILES string of the molecule is Nc1nc(N)[n+]([O-])c(N)c1N. The van der Waals surface area contributed by atoms with Crippen molar-refractivity contribution in [2.24, 2.45) is 0 Å². The van der Waals surface area contributed by atoms with E-state index in [0.717, 1.165) is 0 Å². The number of hydrogen-bond donors (Lipinski definition) is 4. The number of aromatic nitrogens is 2. The van der Waals surface area contributed by atoms with Gasteiger partial charge in [0.2, 0.25) is 11.6 Å². The number of anilines is 4. The minimum absolute atomic E-state index is 0.0351. The van der Waals surface area contributed by atoms with Crippen LogP contribution in [0.5, 0.6) is 0 Å². The maximum absolute atomic E-state index is 10.8. The van der Waals surface area contributed by atoms with Crippen LogP contribution in [0.15, 0.2) is 0 Å². The van der Waals surface area contributed by atoms with Gasteiger partial charge in [0, 0.05) is 0 Å². The van der Waals surface area contributed by atoms with Crippen molar-refractivity contribution >= 4 is 23.3 Å². The van der Waals surface area contributed by atoms with E-state index < -0.39 is 0 Å². The Morgan fingerprint density at radius 3 is 2.27 bits per heavy atom. The first-order valence-electron chi connectivity index (χ1n) is 2.73. The predicted molar refractivity (Wildman–Crippen MR) is 40.8 cm³/mol. The summed E-state index contributed by atoms with van der Waals surface area (Å²) in [6.07, 6.45) is 0. The molecule has 0 atom stereocenters. The molecule has 0 amide bonds. The summed E-state index contributed by atoms with van der Waals surface area (Å²) in [4.78, 5) is 3.43. The second-order valence-corrected chi connectivity index (χ2v) is 1.95. The van der Waals surface area contributed by atoms with Gasteiger partial charge in [-0.1, -0.05) is 4.98 Å². The third kappa shape index (κ3) is 0.914. The molecule has 7 heteroatoms. The number of nitrogens with two attached hydrogens (primary N) is 4. The fourth-order valence-electron chi connectivity index (χ4n) is 0.593. The lowest BCUT2D eigenvalue weighted by atomic mass is 10.4. The summed E-state index contributed by atoms with van der Waals surface area (Å²) in [6.45, 7) is 0. The molecular formula is C4H8N6O. The standard InChI is InChI=1S/C4H8N6O/c5-1-2(6)9-4(8)10(11)3(1)7/h5,7H2,(H4,6,8,9). The van der Waals surface area contributed by atoms with Gasteiger partial charge in [-0.15, -0.1) is 0 Å². The van der Waals surface area contributed by atoms with Crippen molar-refractivity contribution in [3.8, 4) is 0 Å². The Balaban J connectivity index is 3.46. The van der Waals surface area contributed by atoms with Crippen molar-refractivity contribution in [3.63, 3.8) is 0 Å². The van der Waals surface area contributed by atoms with Crippen molar-refractivity contribution in [3.05, 3.63) is 5.21 Å². The summed E-state index contributed by atoms with van der Waals surface area (Å²) >= 11 is 0. The van der Waals surface area contributed by atoms with Gasteiger partial charge in [-0.3, -0.25) is 0 Å². The molecule has 0 aromatic carbocycles. The molecule has 1 aromatic heterocycles. The normalized spacial score (nSPS) is 9.82. The topological polar surface area (TPSA) is 144 Å². The van der Waals surface area contributed by atoms with Crippen LogP contribution < -0.4 is 27.7 Å². The van der Waals surface area contributed by atoms with Gasteiger partial charge in [-0.25, -0.2) is 4.73 Å².